The zero-order chi connectivity index (χ0) is 15.2. The molecule has 21 heavy (non-hydrogen) atoms. The van der Waals surface area contributed by atoms with Crippen molar-refractivity contribution in [3.63, 3.8) is 0 Å². The molecule has 0 amide bonds. The molecule has 1 fully saturated rings. The summed E-state index contributed by atoms with van der Waals surface area (Å²) in [5.41, 5.74) is -0.0859. The second-order valence-corrected chi connectivity index (χ2v) is 5.77. The maximum absolute atomic E-state index is 11.1. The predicted molar refractivity (Wildman–Crippen MR) is 82.5 cm³/mol. The summed E-state index contributed by atoms with van der Waals surface area (Å²) in [4.78, 5) is 18.6. The van der Waals surface area contributed by atoms with Crippen LogP contribution in [0.1, 0.15) is 39.0 Å². The Balaban J connectivity index is 1.92. The number of hydrogen-bond acceptors (Lipinski definition) is 6. The molecule has 0 aliphatic heterocycles. The first kappa shape index (κ1) is 15.5. The van der Waals surface area contributed by atoms with Crippen LogP contribution in [-0.2, 0) is 0 Å². The van der Waals surface area contributed by atoms with Crippen molar-refractivity contribution in [3.8, 4) is 0 Å². The Morgan fingerprint density at radius 2 is 1.95 bits per heavy atom. The molecule has 7 nitrogen and oxygen atoms in total. The number of hydrogen-bond donors (Lipinski definition) is 2. The van der Waals surface area contributed by atoms with E-state index in [1.807, 2.05) is 0 Å². The third kappa shape index (κ3) is 4.03. The summed E-state index contributed by atoms with van der Waals surface area (Å²) in [6.07, 6.45) is 7.48. The van der Waals surface area contributed by atoms with Gasteiger partial charge in [0, 0.05) is 13.6 Å². The first-order valence-corrected chi connectivity index (χ1v) is 7.52. The van der Waals surface area contributed by atoms with Crippen molar-refractivity contribution in [2.45, 2.75) is 39.0 Å². The van der Waals surface area contributed by atoms with Gasteiger partial charge in [0.2, 0.25) is 11.6 Å². The molecule has 1 aliphatic carbocycles. The average molecular weight is 293 g/mol. The van der Waals surface area contributed by atoms with Crippen molar-refractivity contribution in [1.29, 1.82) is 0 Å². The van der Waals surface area contributed by atoms with Gasteiger partial charge in [-0.1, -0.05) is 32.6 Å². The summed E-state index contributed by atoms with van der Waals surface area (Å²) in [7, 11) is 1.61. The van der Waals surface area contributed by atoms with Gasteiger partial charge in [0.1, 0.15) is 6.33 Å². The molecule has 0 radical (unpaired) electrons. The molecule has 2 N–H and O–H groups in total. The molecule has 0 unspecified atom stereocenters. The van der Waals surface area contributed by atoms with Crippen LogP contribution in [0.3, 0.4) is 0 Å². The van der Waals surface area contributed by atoms with Crippen LogP contribution in [0.2, 0.25) is 0 Å². The van der Waals surface area contributed by atoms with Crippen LogP contribution in [0.25, 0.3) is 0 Å². The molecule has 0 spiro atoms. The van der Waals surface area contributed by atoms with Gasteiger partial charge in [-0.2, -0.15) is 0 Å². The molecule has 2 rings (SSSR count). The standard InChI is InChI=1S/C14H23N5O2/c1-10-3-5-11(6-4-10)7-8-16-14-12(19(20)21)13(15-2)17-9-18-14/h9-11H,3-8H2,1-2H3,(H2,15,16,17,18). The summed E-state index contributed by atoms with van der Waals surface area (Å²) in [5, 5.41) is 17.0. The van der Waals surface area contributed by atoms with Gasteiger partial charge in [-0.25, -0.2) is 9.97 Å². The largest absolute Gasteiger partial charge is 0.367 e. The van der Waals surface area contributed by atoms with Crippen molar-refractivity contribution < 1.29 is 4.92 Å². The minimum Gasteiger partial charge on any atom is -0.367 e. The van der Waals surface area contributed by atoms with E-state index in [1.54, 1.807) is 7.05 Å². The van der Waals surface area contributed by atoms with Crippen LogP contribution in [0.5, 0.6) is 0 Å². The fourth-order valence-electron chi connectivity index (χ4n) is 2.88. The lowest BCUT2D eigenvalue weighted by atomic mass is 9.81. The van der Waals surface area contributed by atoms with Crippen molar-refractivity contribution in [1.82, 2.24) is 9.97 Å². The molecule has 1 saturated carbocycles. The summed E-state index contributed by atoms with van der Waals surface area (Å²) in [6, 6.07) is 0. The highest BCUT2D eigenvalue weighted by Gasteiger charge is 2.22. The van der Waals surface area contributed by atoms with E-state index in [0.29, 0.717) is 12.4 Å². The maximum atomic E-state index is 11.1. The van der Waals surface area contributed by atoms with E-state index in [2.05, 4.69) is 27.5 Å². The lowest BCUT2D eigenvalue weighted by Gasteiger charge is -2.26. The molecule has 0 atom stereocenters. The topological polar surface area (TPSA) is 93.0 Å². The third-order valence-corrected chi connectivity index (χ3v) is 4.22. The molecule has 0 bridgehead atoms. The Morgan fingerprint density at radius 1 is 1.29 bits per heavy atom. The normalized spacial score (nSPS) is 21.8. The van der Waals surface area contributed by atoms with Gasteiger partial charge < -0.3 is 10.6 Å². The Hall–Kier alpha value is -1.92. The Labute approximate surface area is 124 Å². The molecule has 0 saturated heterocycles. The van der Waals surface area contributed by atoms with Gasteiger partial charge in [0.15, 0.2) is 0 Å². The van der Waals surface area contributed by atoms with Crippen LogP contribution in [0.4, 0.5) is 17.3 Å². The number of nitro groups is 1. The van der Waals surface area contributed by atoms with Gasteiger partial charge in [0.05, 0.1) is 4.92 Å². The van der Waals surface area contributed by atoms with E-state index in [4.69, 9.17) is 0 Å². The molecule has 1 aromatic rings. The van der Waals surface area contributed by atoms with Gasteiger partial charge in [0.25, 0.3) is 0 Å². The molecule has 116 valence electrons. The number of aromatic nitrogens is 2. The molecule has 0 aromatic carbocycles. The summed E-state index contributed by atoms with van der Waals surface area (Å²) in [5.74, 6) is 2.10. The summed E-state index contributed by atoms with van der Waals surface area (Å²) >= 11 is 0. The fourth-order valence-corrected chi connectivity index (χ4v) is 2.88. The van der Waals surface area contributed by atoms with Gasteiger partial charge >= 0.3 is 5.69 Å². The van der Waals surface area contributed by atoms with Crippen LogP contribution >= 0.6 is 0 Å². The van der Waals surface area contributed by atoms with E-state index in [-0.39, 0.29) is 11.5 Å². The highest BCUT2D eigenvalue weighted by molar-refractivity contribution is 5.68. The lowest BCUT2D eigenvalue weighted by Crippen LogP contribution is -2.16. The number of nitrogens with one attached hydrogen (secondary N) is 2. The second-order valence-electron chi connectivity index (χ2n) is 5.77. The van der Waals surface area contributed by atoms with Crippen LogP contribution in [0, 0.1) is 22.0 Å². The molecule has 1 aliphatic rings. The fraction of sp³-hybridized carbons (Fsp3) is 0.714. The highest BCUT2D eigenvalue weighted by atomic mass is 16.6. The van der Waals surface area contributed by atoms with E-state index >= 15 is 0 Å². The SMILES string of the molecule is CNc1ncnc(NCCC2CCC(C)CC2)c1[N+](=O)[O-]. The van der Waals surface area contributed by atoms with E-state index in [9.17, 15) is 10.1 Å². The van der Waals surface area contributed by atoms with Gasteiger partial charge in [-0.15, -0.1) is 0 Å². The monoisotopic (exact) mass is 293 g/mol. The molecule has 1 aromatic heterocycles. The maximum Gasteiger partial charge on any atom is 0.353 e. The Bertz CT molecular complexity index is 486. The molecule has 7 heteroatoms. The van der Waals surface area contributed by atoms with Crippen LogP contribution in [-0.4, -0.2) is 28.5 Å². The summed E-state index contributed by atoms with van der Waals surface area (Å²) < 4.78 is 0. The van der Waals surface area contributed by atoms with Crippen molar-refractivity contribution in [2.24, 2.45) is 11.8 Å². The number of rotatable bonds is 6. The van der Waals surface area contributed by atoms with Crippen LogP contribution < -0.4 is 10.6 Å². The smallest absolute Gasteiger partial charge is 0.353 e. The first-order valence-electron chi connectivity index (χ1n) is 7.52. The zero-order valence-corrected chi connectivity index (χ0v) is 12.6. The van der Waals surface area contributed by atoms with Crippen molar-refractivity contribution >= 4 is 17.3 Å². The first-order chi connectivity index (χ1) is 10.1. The molecular formula is C14H23N5O2. The van der Waals surface area contributed by atoms with Gasteiger partial charge in [-0.05, 0) is 18.3 Å². The Kier molecular flexibility index (Phi) is 5.30. The quantitative estimate of drug-likeness (QED) is 0.618. The zero-order valence-electron chi connectivity index (χ0n) is 12.6. The van der Waals surface area contributed by atoms with Crippen LogP contribution in [0.15, 0.2) is 6.33 Å². The van der Waals surface area contributed by atoms with Crippen molar-refractivity contribution in [2.75, 3.05) is 24.2 Å². The minimum absolute atomic E-state index is 0.0859. The predicted octanol–water partition coefficient (Wildman–Crippen LogP) is 3.05. The number of anilines is 2. The minimum atomic E-state index is -0.448. The average Bonchev–Trinajstić information content (AvgIpc) is 2.48. The van der Waals surface area contributed by atoms with E-state index in [0.717, 1.165) is 18.3 Å². The molecule has 1 heterocycles. The summed E-state index contributed by atoms with van der Waals surface area (Å²) in [6.45, 7) is 3.01. The second kappa shape index (κ2) is 7.19. The third-order valence-electron chi connectivity index (χ3n) is 4.22. The Morgan fingerprint density at radius 3 is 2.57 bits per heavy atom. The van der Waals surface area contributed by atoms with Gasteiger partial charge in [-0.3, -0.25) is 10.1 Å². The number of nitrogens with zero attached hydrogens (tertiary/aromatic N) is 3. The van der Waals surface area contributed by atoms with Crippen molar-refractivity contribution in [3.05, 3.63) is 16.4 Å². The van der Waals surface area contributed by atoms with E-state index < -0.39 is 4.92 Å². The molecular weight excluding hydrogens is 270 g/mol. The highest BCUT2D eigenvalue weighted by Crippen LogP contribution is 2.31. The van der Waals surface area contributed by atoms with E-state index in [1.165, 1.54) is 32.0 Å². The lowest BCUT2D eigenvalue weighted by molar-refractivity contribution is -0.383.